The zero-order valence-corrected chi connectivity index (χ0v) is 18.7. The van der Waals surface area contributed by atoms with Crippen LogP contribution in [0.5, 0.6) is 0 Å². The molecule has 4 nitrogen and oxygen atoms in total. The topological polar surface area (TPSA) is 48.1 Å². The van der Waals surface area contributed by atoms with Crippen LogP contribution in [-0.2, 0) is 13.1 Å². The van der Waals surface area contributed by atoms with Crippen LogP contribution >= 0.6 is 0 Å². The molecule has 0 saturated heterocycles. The highest BCUT2D eigenvalue weighted by Gasteiger charge is 2.06. The van der Waals surface area contributed by atoms with E-state index in [9.17, 15) is 0 Å². The Balaban J connectivity index is 1.11. The van der Waals surface area contributed by atoms with Crippen LogP contribution in [0.4, 0.5) is 0 Å². The van der Waals surface area contributed by atoms with Gasteiger partial charge in [0, 0.05) is 52.4 Å². The summed E-state index contributed by atoms with van der Waals surface area (Å²) in [6.45, 7) is 7.68. The van der Waals surface area contributed by atoms with Crippen LogP contribution in [0.25, 0.3) is 21.5 Å². The molecule has 4 aromatic carbocycles. The van der Waals surface area contributed by atoms with Crippen molar-refractivity contribution in [3.63, 3.8) is 0 Å². The van der Waals surface area contributed by atoms with E-state index in [4.69, 9.17) is 0 Å². The Bertz CT molecular complexity index is 1040. The number of benzene rings is 4. The van der Waals surface area contributed by atoms with Crippen molar-refractivity contribution in [1.82, 2.24) is 21.3 Å². The molecule has 0 aliphatic carbocycles. The molecule has 0 aromatic heterocycles. The van der Waals surface area contributed by atoms with E-state index in [-0.39, 0.29) is 0 Å². The highest BCUT2D eigenvalue weighted by Crippen LogP contribution is 2.28. The molecular weight excluding hydrogens is 392 g/mol. The van der Waals surface area contributed by atoms with E-state index >= 15 is 0 Å². The van der Waals surface area contributed by atoms with Crippen LogP contribution in [0.15, 0.2) is 84.9 Å². The Morgan fingerprint density at radius 2 is 0.906 bits per heavy atom. The first-order valence-corrected chi connectivity index (χ1v) is 11.7. The van der Waals surface area contributed by atoms with E-state index in [1.54, 1.807) is 0 Å². The van der Waals surface area contributed by atoms with Crippen molar-refractivity contribution in [2.75, 3.05) is 39.3 Å². The lowest BCUT2D eigenvalue weighted by molar-refractivity contribution is 0.566. The summed E-state index contributed by atoms with van der Waals surface area (Å²) in [7, 11) is 0. The molecule has 0 aliphatic heterocycles. The van der Waals surface area contributed by atoms with Crippen LogP contribution in [0.2, 0.25) is 0 Å². The van der Waals surface area contributed by atoms with E-state index < -0.39 is 0 Å². The summed E-state index contributed by atoms with van der Waals surface area (Å²) in [5, 5.41) is 19.4. The molecule has 4 heteroatoms. The molecule has 4 rings (SSSR count). The summed E-state index contributed by atoms with van der Waals surface area (Å²) in [5.41, 5.74) is 2.72. The van der Waals surface area contributed by atoms with Gasteiger partial charge < -0.3 is 21.3 Å². The molecule has 0 heterocycles. The first-order valence-electron chi connectivity index (χ1n) is 11.7. The second-order valence-electron chi connectivity index (χ2n) is 8.14. The molecule has 0 radical (unpaired) electrons. The van der Waals surface area contributed by atoms with Crippen molar-refractivity contribution in [3.8, 4) is 0 Å². The molecule has 0 amide bonds. The lowest BCUT2D eigenvalue weighted by atomic mass is 9.97. The summed E-state index contributed by atoms with van der Waals surface area (Å²) in [6, 6.07) is 30.2. The smallest absolute Gasteiger partial charge is 0.0218 e. The standard InChI is InChI=1S/C28H34N4/c1-2-8-23(9-3-1)21-31-18-16-29-14-15-30-17-19-32-22-28-26-12-6-4-10-24(26)20-25-11-5-7-13-27(25)28/h1-13,20,29-32H,14-19,21-22H2. The number of nitrogens with one attached hydrogen (secondary N) is 4. The van der Waals surface area contributed by atoms with Crippen molar-refractivity contribution >= 4 is 21.5 Å². The second-order valence-corrected chi connectivity index (χ2v) is 8.14. The molecule has 0 saturated carbocycles. The van der Waals surface area contributed by atoms with Gasteiger partial charge in [-0.2, -0.15) is 0 Å². The first kappa shape index (κ1) is 22.4. The van der Waals surface area contributed by atoms with Crippen LogP contribution in [0.1, 0.15) is 11.1 Å². The van der Waals surface area contributed by atoms with Gasteiger partial charge in [0.2, 0.25) is 0 Å². The van der Waals surface area contributed by atoms with Crippen LogP contribution in [0.3, 0.4) is 0 Å². The Hall–Kier alpha value is -2.76. The SMILES string of the molecule is c1ccc(CNCCNCCNCCNCc2c3ccccc3cc3ccccc23)cc1. The third kappa shape index (κ3) is 6.38. The third-order valence-corrected chi connectivity index (χ3v) is 5.79. The molecule has 32 heavy (non-hydrogen) atoms. The minimum Gasteiger partial charge on any atom is -0.314 e. The van der Waals surface area contributed by atoms with Crippen LogP contribution in [0, 0.1) is 0 Å². The average Bonchev–Trinajstić information content (AvgIpc) is 2.84. The van der Waals surface area contributed by atoms with Crippen molar-refractivity contribution in [2.45, 2.75) is 13.1 Å². The zero-order chi connectivity index (χ0) is 21.8. The average molecular weight is 427 g/mol. The Morgan fingerprint density at radius 3 is 1.50 bits per heavy atom. The van der Waals surface area contributed by atoms with Gasteiger partial charge in [-0.3, -0.25) is 0 Å². The maximum atomic E-state index is 3.63. The first-order chi connectivity index (χ1) is 15.9. The number of hydrogen-bond acceptors (Lipinski definition) is 4. The molecule has 0 aliphatic rings. The fraction of sp³-hybridized carbons (Fsp3) is 0.286. The summed E-state index contributed by atoms with van der Waals surface area (Å²) < 4.78 is 0. The third-order valence-electron chi connectivity index (χ3n) is 5.79. The predicted octanol–water partition coefficient (Wildman–Crippen LogP) is 4.05. The minimum atomic E-state index is 0.884. The number of hydrogen-bond donors (Lipinski definition) is 4. The molecule has 0 fully saturated rings. The number of rotatable bonds is 13. The van der Waals surface area contributed by atoms with Gasteiger partial charge in [-0.05, 0) is 38.7 Å². The van der Waals surface area contributed by atoms with Gasteiger partial charge in [0.15, 0.2) is 0 Å². The molecule has 0 bridgehead atoms. The van der Waals surface area contributed by atoms with Crippen molar-refractivity contribution in [3.05, 3.63) is 96.1 Å². The van der Waals surface area contributed by atoms with Crippen molar-refractivity contribution in [1.29, 1.82) is 0 Å². The Morgan fingerprint density at radius 1 is 0.438 bits per heavy atom. The van der Waals surface area contributed by atoms with Gasteiger partial charge in [-0.25, -0.2) is 0 Å². The van der Waals surface area contributed by atoms with E-state index in [2.05, 4.69) is 106 Å². The van der Waals surface area contributed by atoms with Gasteiger partial charge in [0.25, 0.3) is 0 Å². The highest BCUT2D eigenvalue weighted by atomic mass is 15.0. The molecule has 4 aromatic rings. The monoisotopic (exact) mass is 426 g/mol. The van der Waals surface area contributed by atoms with Crippen LogP contribution in [-0.4, -0.2) is 39.3 Å². The molecular formula is C28H34N4. The lowest BCUT2D eigenvalue weighted by Crippen LogP contribution is -2.35. The minimum absolute atomic E-state index is 0.884. The largest absolute Gasteiger partial charge is 0.314 e. The van der Waals surface area contributed by atoms with Crippen molar-refractivity contribution < 1.29 is 0 Å². The van der Waals surface area contributed by atoms with Crippen molar-refractivity contribution in [2.24, 2.45) is 0 Å². The maximum Gasteiger partial charge on any atom is 0.0218 e. The van der Waals surface area contributed by atoms with E-state index in [1.807, 2.05) is 0 Å². The molecule has 4 N–H and O–H groups in total. The van der Waals surface area contributed by atoms with E-state index in [0.29, 0.717) is 0 Å². The van der Waals surface area contributed by atoms with E-state index in [1.165, 1.54) is 32.7 Å². The Labute approximate surface area is 191 Å². The predicted molar refractivity (Wildman–Crippen MR) is 137 cm³/mol. The normalized spacial score (nSPS) is 11.4. The quantitative estimate of drug-likeness (QED) is 0.192. The number of fused-ring (bicyclic) bond motifs is 2. The highest BCUT2D eigenvalue weighted by molar-refractivity contribution is 6.02. The van der Waals surface area contributed by atoms with Gasteiger partial charge in [0.05, 0.1) is 0 Å². The Kier molecular flexibility index (Phi) is 8.64. The van der Waals surface area contributed by atoms with Crippen LogP contribution < -0.4 is 21.3 Å². The van der Waals surface area contributed by atoms with E-state index in [0.717, 1.165) is 52.4 Å². The van der Waals surface area contributed by atoms with Gasteiger partial charge in [-0.15, -0.1) is 0 Å². The molecule has 166 valence electrons. The maximum absolute atomic E-state index is 3.63. The summed E-state index contributed by atoms with van der Waals surface area (Å²) >= 11 is 0. The van der Waals surface area contributed by atoms with Gasteiger partial charge in [-0.1, -0.05) is 78.9 Å². The fourth-order valence-electron chi connectivity index (χ4n) is 4.12. The molecule has 0 unspecified atom stereocenters. The van der Waals surface area contributed by atoms with Gasteiger partial charge in [0.1, 0.15) is 0 Å². The molecule has 0 spiro atoms. The lowest BCUT2D eigenvalue weighted by Gasteiger charge is -2.13. The summed E-state index contributed by atoms with van der Waals surface area (Å²) in [4.78, 5) is 0. The molecule has 0 atom stereocenters. The second kappa shape index (κ2) is 12.3. The zero-order valence-electron chi connectivity index (χ0n) is 18.7. The van der Waals surface area contributed by atoms with Gasteiger partial charge >= 0.3 is 0 Å². The fourth-order valence-corrected chi connectivity index (χ4v) is 4.12. The summed E-state index contributed by atoms with van der Waals surface area (Å²) in [5.74, 6) is 0. The summed E-state index contributed by atoms with van der Waals surface area (Å²) in [6.07, 6.45) is 0.